The molecule has 0 unspecified atom stereocenters. The minimum absolute atomic E-state index is 0.0318. The van der Waals surface area contributed by atoms with E-state index in [9.17, 15) is 9.59 Å². The van der Waals surface area contributed by atoms with Gasteiger partial charge in [0.2, 0.25) is 17.6 Å². The zero-order valence-corrected chi connectivity index (χ0v) is 22.8. The average molecular weight is 527 g/mol. The van der Waals surface area contributed by atoms with Crippen LogP contribution in [0.2, 0.25) is 0 Å². The van der Waals surface area contributed by atoms with E-state index < -0.39 is 0 Å². The maximum absolute atomic E-state index is 13.0. The first-order valence-electron chi connectivity index (χ1n) is 13.2. The van der Waals surface area contributed by atoms with Gasteiger partial charge in [0.15, 0.2) is 11.5 Å². The lowest BCUT2D eigenvalue weighted by atomic mass is 9.93. The van der Waals surface area contributed by atoms with Crippen LogP contribution < -0.4 is 24.3 Å². The summed E-state index contributed by atoms with van der Waals surface area (Å²) < 4.78 is 27.9. The van der Waals surface area contributed by atoms with Crippen LogP contribution in [0.5, 0.6) is 23.0 Å². The molecule has 1 saturated heterocycles. The number of amides is 2. The minimum atomic E-state index is -0.211. The molecule has 0 spiro atoms. The zero-order chi connectivity index (χ0) is 27.1. The van der Waals surface area contributed by atoms with E-state index in [1.165, 1.54) is 0 Å². The molecule has 2 aliphatic rings. The normalized spacial score (nSPS) is 16.5. The minimum Gasteiger partial charge on any atom is -0.497 e. The van der Waals surface area contributed by atoms with Gasteiger partial charge in [-0.1, -0.05) is 6.07 Å². The second-order valence-corrected chi connectivity index (χ2v) is 9.49. The topological polar surface area (TPSA) is 95.6 Å². The van der Waals surface area contributed by atoms with Crippen molar-refractivity contribution >= 4 is 11.8 Å². The van der Waals surface area contributed by atoms with E-state index in [1.54, 1.807) is 28.4 Å². The SMILES string of the molecule is COc1ccc2c(c1)[C@@H](NC(=O)CCCCC(=O)N1CCOCC1)CCc1cc(OC)c(OC)c(OC)c1-2. The monoisotopic (exact) mass is 526 g/mol. The van der Waals surface area contributed by atoms with E-state index in [0.29, 0.717) is 87.8 Å². The molecule has 2 amide bonds. The Bertz CT molecular complexity index is 1140. The molecule has 2 aromatic rings. The van der Waals surface area contributed by atoms with Gasteiger partial charge in [0.25, 0.3) is 0 Å². The number of aryl methyl sites for hydroxylation is 1. The summed E-state index contributed by atoms with van der Waals surface area (Å²) in [6, 6.07) is 7.67. The molecule has 1 heterocycles. The Morgan fingerprint density at radius 1 is 0.947 bits per heavy atom. The lowest BCUT2D eigenvalue weighted by Gasteiger charge is -2.26. The molecular weight excluding hydrogens is 488 g/mol. The average Bonchev–Trinajstić information content (AvgIpc) is 3.10. The third kappa shape index (κ3) is 5.99. The van der Waals surface area contributed by atoms with Gasteiger partial charge in [-0.2, -0.15) is 0 Å². The van der Waals surface area contributed by atoms with Gasteiger partial charge >= 0.3 is 0 Å². The molecular formula is C29H38N2O7. The standard InChI is InChI=1S/C29H38N2O7/c1-34-20-10-11-21-22(18-20)23(12-9-19-17-24(35-2)28(36-3)29(37-4)27(19)21)30-25(32)7-5-6-8-26(33)31-13-15-38-16-14-31/h10-11,17-18,23H,5-9,12-16H2,1-4H3,(H,30,32)/t23-/m0/s1. The van der Waals surface area contributed by atoms with Crippen molar-refractivity contribution in [3.8, 4) is 34.1 Å². The lowest BCUT2D eigenvalue weighted by Crippen LogP contribution is -2.40. The number of rotatable bonds is 10. The summed E-state index contributed by atoms with van der Waals surface area (Å²) in [6.07, 6.45) is 3.57. The molecule has 1 N–H and O–H groups in total. The predicted molar refractivity (Wildman–Crippen MR) is 143 cm³/mol. The number of carbonyl (C=O) groups excluding carboxylic acids is 2. The highest BCUT2D eigenvalue weighted by molar-refractivity contribution is 5.84. The van der Waals surface area contributed by atoms with Gasteiger partial charge in [0.1, 0.15) is 5.75 Å². The van der Waals surface area contributed by atoms with Gasteiger partial charge in [-0.25, -0.2) is 0 Å². The molecule has 4 rings (SSSR count). The van der Waals surface area contributed by atoms with Gasteiger partial charge in [0.05, 0.1) is 47.7 Å². The van der Waals surface area contributed by atoms with Crippen molar-refractivity contribution in [2.45, 2.75) is 44.6 Å². The summed E-state index contributed by atoms with van der Waals surface area (Å²) in [5, 5.41) is 3.24. The Morgan fingerprint density at radius 2 is 1.68 bits per heavy atom. The van der Waals surface area contributed by atoms with Crippen molar-refractivity contribution < 1.29 is 33.3 Å². The number of ether oxygens (including phenoxy) is 5. The number of nitrogens with zero attached hydrogens (tertiary/aromatic N) is 1. The van der Waals surface area contributed by atoms with Crippen molar-refractivity contribution in [2.75, 3.05) is 54.7 Å². The molecule has 206 valence electrons. The second kappa shape index (κ2) is 12.9. The van der Waals surface area contributed by atoms with E-state index >= 15 is 0 Å². The number of morpholine rings is 1. The van der Waals surface area contributed by atoms with Crippen molar-refractivity contribution in [3.63, 3.8) is 0 Å². The predicted octanol–water partition coefficient (Wildman–Crippen LogP) is 3.91. The molecule has 1 aliphatic carbocycles. The largest absolute Gasteiger partial charge is 0.497 e. The Morgan fingerprint density at radius 3 is 2.37 bits per heavy atom. The molecule has 1 fully saturated rings. The van der Waals surface area contributed by atoms with Crippen molar-refractivity contribution in [1.29, 1.82) is 0 Å². The quantitative estimate of drug-likeness (QED) is 0.469. The summed E-state index contributed by atoms with van der Waals surface area (Å²) in [5.74, 6) is 2.56. The molecule has 9 nitrogen and oxygen atoms in total. The smallest absolute Gasteiger partial charge is 0.222 e. The number of benzene rings is 2. The van der Waals surface area contributed by atoms with Crippen molar-refractivity contribution in [1.82, 2.24) is 10.2 Å². The number of hydrogen-bond donors (Lipinski definition) is 1. The van der Waals surface area contributed by atoms with Crippen LogP contribution in [-0.2, 0) is 20.7 Å². The molecule has 38 heavy (non-hydrogen) atoms. The van der Waals surface area contributed by atoms with E-state index in [2.05, 4.69) is 5.32 Å². The van der Waals surface area contributed by atoms with Gasteiger partial charge in [-0.05, 0) is 60.6 Å². The van der Waals surface area contributed by atoms with Crippen LogP contribution in [0.1, 0.15) is 49.3 Å². The second-order valence-electron chi connectivity index (χ2n) is 9.49. The van der Waals surface area contributed by atoms with E-state index in [-0.39, 0.29) is 17.9 Å². The maximum atomic E-state index is 13.0. The van der Waals surface area contributed by atoms with Gasteiger partial charge < -0.3 is 33.9 Å². The number of unbranched alkanes of at least 4 members (excludes halogenated alkanes) is 1. The highest BCUT2D eigenvalue weighted by Gasteiger charge is 2.30. The number of nitrogens with one attached hydrogen (secondary N) is 1. The van der Waals surface area contributed by atoms with Crippen molar-refractivity contribution in [2.24, 2.45) is 0 Å². The Kier molecular flexibility index (Phi) is 9.33. The Labute approximate surface area is 224 Å². The van der Waals surface area contributed by atoms with Gasteiger partial charge in [0, 0.05) is 31.5 Å². The summed E-state index contributed by atoms with van der Waals surface area (Å²) in [6.45, 7) is 2.48. The van der Waals surface area contributed by atoms with Crippen LogP contribution in [0.15, 0.2) is 24.3 Å². The Hall–Kier alpha value is -3.46. The van der Waals surface area contributed by atoms with Crippen molar-refractivity contribution in [3.05, 3.63) is 35.4 Å². The van der Waals surface area contributed by atoms with E-state index in [1.807, 2.05) is 29.2 Å². The molecule has 2 aromatic carbocycles. The summed E-state index contributed by atoms with van der Waals surface area (Å²) >= 11 is 0. The number of fused-ring (bicyclic) bond motifs is 3. The maximum Gasteiger partial charge on any atom is 0.222 e. The van der Waals surface area contributed by atoms with Crippen LogP contribution in [0.4, 0.5) is 0 Å². The fourth-order valence-electron chi connectivity index (χ4n) is 5.29. The van der Waals surface area contributed by atoms with Crippen LogP contribution >= 0.6 is 0 Å². The first kappa shape index (κ1) is 27.6. The molecule has 0 aromatic heterocycles. The summed E-state index contributed by atoms with van der Waals surface area (Å²) in [5.41, 5.74) is 3.91. The fraction of sp³-hybridized carbons (Fsp3) is 0.517. The summed E-state index contributed by atoms with van der Waals surface area (Å²) in [7, 11) is 6.45. The number of carbonyl (C=O) groups is 2. The van der Waals surface area contributed by atoms with Crippen LogP contribution in [0, 0.1) is 0 Å². The zero-order valence-electron chi connectivity index (χ0n) is 22.8. The van der Waals surface area contributed by atoms with E-state index in [4.69, 9.17) is 23.7 Å². The number of hydrogen-bond acceptors (Lipinski definition) is 7. The highest BCUT2D eigenvalue weighted by atomic mass is 16.5. The third-order valence-corrected chi connectivity index (χ3v) is 7.26. The van der Waals surface area contributed by atoms with Crippen LogP contribution in [0.25, 0.3) is 11.1 Å². The summed E-state index contributed by atoms with van der Waals surface area (Å²) in [4.78, 5) is 27.2. The molecule has 1 aliphatic heterocycles. The molecule has 0 saturated carbocycles. The first-order chi connectivity index (χ1) is 18.5. The number of methoxy groups -OCH3 is 4. The van der Waals surface area contributed by atoms with Gasteiger partial charge in [-0.15, -0.1) is 0 Å². The third-order valence-electron chi connectivity index (χ3n) is 7.26. The van der Waals surface area contributed by atoms with E-state index in [0.717, 1.165) is 22.3 Å². The first-order valence-corrected chi connectivity index (χ1v) is 13.2. The van der Waals surface area contributed by atoms with Crippen LogP contribution in [0.3, 0.4) is 0 Å². The Balaban J connectivity index is 1.50. The molecule has 1 atom stereocenters. The fourth-order valence-corrected chi connectivity index (χ4v) is 5.29. The molecule has 9 heteroatoms. The highest BCUT2D eigenvalue weighted by Crippen LogP contribution is 2.50. The molecule has 0 bridgehead atoms. The van der Waals surface area contributed by atoms with Crippen LogP contribution in [-0.4, -0.2) is 71.5 Å². The molecule has 0 radical (unpaired) electrons. The lowest BCUT2D eigenvalue weighted by molar-refractivity contribution is -0.135. The van der Waals surface area contributed by atoms with Gasteiger partial charge in [-0.3, -0.25) is 9.59 Å².